The Kier molecular flexibility index (Phi) is 3.69. The molecule has 0 atom stereocenters. The smallest absolute Gasteiger partial charge is 0.238 e. The van der Waals surface area contributed by atoms with E-state index in [2.05, 4.69) is 0 Å². The number of carbonyl (C=O) groups is 1. The van der Waals surface area contributed by atoms with E-state index in [1.54, 1.807) is 6.92 Å². The van der Waals surface area contributed by atoms with Gasteiger partial charge in [0.25, 0.3) is 0 Å². The molecule has 4 nitrogen and oxygen atoms in total. The molecule has 0 heterocycles. The fourth-order valence-electron chi connectivity index (χ4n) is 1.79. The van der Waals surface area contributed by atoms with Gasteiger partial charge < -0.3 is 0 Å². The highest BCUT2D eigenvalue weighted by Crippen LogP contribution is 2.19. The fourth-order valence-corrected chi connectivity index (χ4v) is 2.53. The number of primary sulfonamides is 1. The van der Waals surface area contributed by atoms with Gasteiger partial charge >= 0.3 is 0 Å². The average molecular weight is 293 g/mol. The van der Waals surface area contributed by atoms with Crippen molar-refractivity contribution in [1.82, 2.24) is 0 Å². The quantitative estimate of drug-likeness (QED) is 0.879. The Morgan fingerprint density at radius 3 is 2.40 bits per heavy atom. The molecule has 0 bridgehead atoms. The van der Waals surface area contributed by atoms with Crippen LogP contribution in [0.3, 0.4) is 0 Å². The molecule has 0 aliphatic rings. The molecular formula is C14H12FNO3S. The zero-order valence-electron chi connectivity index (χ0n) is 10.6. The van der Waals surface area contributed by atoms with Gasteiger partial charge in [0, 0.05) is 11.1 Å². The van der Waals surface area contributed by atoms with Crippen LogP contribution in [-0.2, 0) is 10.0 Å². The van der Waals surface area contributed by atoms with Gasteiger partial charge in [-0.05, 0) is 30.7 Å². The molecule has 2 aromatic rings. The van der Waals surface area contributed by atoms with Gasteiger partial charge in [-0.2, -0.15) is 0 Å². The van der Waals surface area contributed by atoms with Crippen LogP contribution in [0.15, 0.2) is 47.4 Å². The molecule has 0 aliphatic heterocycles. The summed E-state index contributed by atoms with van der Waals surface area (Å²) >= 11 is 0. The first-order valence-electron chi connectivity index (χ1n) is 5.73. The van der Waals surface area contributed by atoms with Crippen molar-refractivity contribution >= 4 is 15.8 Å². The lowest BCUT2D eigenvalue weighted by Gasteiger charge is -2.07. The minimum absolute atomic E-state index is 0.0711. The number of rotatable bonds is 3. The topological polar surface area (TPSA) is 77.2 Å². The molecule has 0 unspecified atom stereocenters. The van der Waals surface area contributed by atoms with Crippen LogP contribution >= 0.6 is 0 Å². The molecule has 0 spiro atoms. The number of halogens is 1. The maximum Gasteiger partial charge on any atom is 0.238 e. The summed E-state index contributed by atoms with van der Waals surface area (Å²) < 4.78 is 36.4. The molecule has 6 heteroatoms. The first-order chi connectivity index (χ1) is 9.30. The van der Waals surface area contributed by atoms with Gasteiger partial charge in [0.15, 0.2) is 5.78 Å². The van der Waals surface area contributed by atoms with E-state index in [0.29, 0.717) is 5.56 Å². The lowest BCUT2D eigenvalue weighted by atomic mass is 10.0. The fraction of sp³-hybridized carbons (Fsp3) is 0.0714. The number of sulfonamides is 1. The monoisotopic (exact) mass is 293 g/mol. The predicted octanol–water partition coefficient (Wildman–Crippen LogP) is 2.01. The van der Waals surface area contributed by atoms with E-state index in [-0.39, 0.29) is 16.0 Å². The van der Waals surface area contributed by atoms with Crippen molar-refractivity contribution in [3.8, 4) is 0 Å². The van der Waals surface area contributed by atoms with Gasteiger partial charge in [0.2, 0.25) is 10.0 Å². The zero-order chi connectivity index (χ0) is 14.9. The molecule has 104 valence electrons. The van der Waals surface area contributed by atoms with E-state index in [4.69, 9.17) is 5.14 Å². The summed E-state index contributed by atoms with van der Waals surface area (Å²) in [6.07, 6.45) is 0. The van der Waals surface area contributed by atoms with Gasteiger partial charge in [-0.25, -0.2) is 17.9 Å². The Morgan fingerprint density at radius 1 is 1.15 bits per heavy atom. The summed E-state index contributed by atoms with van der Waals surface area (Å²) in [7, 11) is -4.02. The van der Waals surface area contributed by atoms with Crippen molar-refractivity contribution in [3.05, 3.63) is 65.0 Å². The minimum atomic E-state index is -4.02. The van der Waals surface area contributed by atoms with Gasteiger partial charge in [0.1, 0.15) is 5.82 Å². The number of hydrogen-bond acceptors (Lipinski definition) is 3. The number of carbonyl (C=O) groups excluding carboxylic acids is 1. The molecule has 0 aliphatic carbocycles. The second-order valence-electron chi connectivity index (χ2n) is 4.33. The molecule has 0 amide bonds. The third-order valence-electron chi connectivity index (χ3n) is 2.87. The molecule has 20 heavy (non-hydrogen) atoms. The molecule has 0 fully saturated rings. The Labute approximate surface area is 116 Å². The molecule has 2 rings (SSSR count). The Bertz CT molecular complexity index is 785. The number of nitrogens with two attached hydrogens (primary N) is 1. The highest BCUT2D eigenvalue weighted by molar-refractivity contribution is 7.89. The van der Waals surface area contributed by atoms with Gasteiger partial charge in [-0.1, -0.05) is 24.3 Å². The zero-order valence-corrected chi connectivity index (χ0v) is 11.4. The summed E-state index contributed by atoms with van der Waals surface area (Å²) in [5, 5.41) is 5.07. The van der Waals surface area contributed by atoms with E-state index in [1.165, 1.54) is 36.4 Å². The Balaban J connectivity index is 2.57. The first-order valence-corrected chi connectivity index (χ1v) is 7.28. The molecule has 2 N–H and O–H groups in total. The maximum absolute atomic E-state index is 13.5. The highest BCUT2D eigenvalue weighted by atomic mass is 32.2. The van der Waals surface area contributed by atoms with Crippen molar-refractivity contribution in [3.63, 3.8) is 0 Å². The van der Waals surface area contributed by atoms with Crippen LogP contribution in [-0.4, -0.2) is 14.2 Å². The van der Waals surface area contributed by atoms with Crippen LogP contribution in [0.2, 0.25) is 0 Å². The van der Waals surface area contributed by atoms with Gasteiger partial charge in [0.05, 0.1) is 4.90 Å². The summed E-state index contributed by atoms with van der Waals surface area (Å²) in [6, 6.07) is 9.56. The van der Waals surface area contributed by atoms with Crippen molar-refractivity contribution in [2.24, 2.45) is 5.14 Å². The lowest BCUT2D eigenvalue weighted by Crippen LogP contribution is -2.17. The molecule has 0 aromatic heterocycles. The molecule has 0 saturated carbocycles. The van der Waals surface area contributed by atoms with Gasteiger partial charge in [-0.3, -0.25) is 4.79 Å². The standard InChI is InChI=1S/C14H12FNO3S/c1-9-6-7-10(8-12(9)15)14(17)11-4-2-3-5-13(11)20(16,18)19/h2-8H,1H3,(H2,16,18,19). The molecule has 2 aromatic carbocycles. The van der Waals surface area contributed by atoms with Crippen LogP contribution < -0.4 is 5.14 Å². The SMILES string of the molecule is Cc1ccc(C(=O)c2ccccc2S(N)(=O)=O)cc1F. The summed E-state index contributed by atoms with van der Waals surface area (Å²) in [6.45, 7) is 1.57. The average Bonchev–Trinajstić information content (AvgIpc) is 2.40. The lowest BCUT2D eigenvalue weighted by molar-refractivity contribution is 0.103. The summed E-state index contributed by atoms with van der Waals surface area (Å²) in [4.78, 5) is 12.0. The van der Waals surface area contributed by atoms with E-state index in [0.717, 1.165) is 6.07 Å². The Morgan fingerprint density at radius 2 is 1.80 bits per heavy atom. The van der Waals surface area contributed by atoms with Crippen LogP contribution in [0.5, 0.6) is 0 Å². The van der Waals surface area contributed by atoms with E-state index >= 15 is 0 Å². The van der Waals surface area contributed by atoms with Crippen molar-refractivity contribution in [2.45, 2.75) is 11.8 Å². The third kappa shape index (κ3) is 2.76. The van der Waals surface area contributed by atoms with Crippen molar-refractivity contribution in [2.75, 3.05) is 0 Å². The largest absolute Gasteiger partial charge is 0.289 e. The van der Waals surface area contributed by atoms with E-state index < -0.39 is 21.6 Å². The Hall–Kier alpha value is -2.05. The molecule has 0 radical (unpaired) electrons. The predicted molar refractivity (Wildman–Crippen MR) is 72.4 cm³/mol. The summed E-state index contributed by atoms with van der Waals surface area (Å²) in [5.74, 6) is -1.11. The third-order valence-corrected chi connectivity index (χ3v) is 3.84. The van der Waals surface area contributed by atoms with Crippen LogP contribution in [0.4, 0.5) is 4.39 Å². The first kappa shape index (κ1) is 14.4. The molecule has 0 saturated heterocycles. The number of aryl methyl sites for hydroxylation is 1. The second kappa shape index (κ2) is 5.15. The van der Waals surface area contributed by atoms with Gasteiger partial charge in [-0.15, -0.1) is 0 Å². The molecular weight excluding hydrogens is 281 g/mol. The van der Waals surface area contributed by atoms with Crippen molar-refractivity contribution < 1.29 is 17.6 Å². The summed E-state index contributed by atoms with van der Waals surface area (Å²) in [5.41, 5.74) is 0.406. The van der Waals surface area contributed by atoms with Crippen LogP contribution in [0, 0.1) is 12.7 Å². The second-order valence-corrected chi connectivity index (χ2v) is 5.86. The normalized spacial score (nSPS) is 11.3. The van der Waals surface area contributed by atoms with Crippen molar-refractivity contribution in [1.29, 1.82) is 0 Å². The van der Waals surface area contributed by atoms with Crippen LogP contribution in [0.1, 0.15) is 21.5 Å². The number of benzene rings is 2. The van der Waals surface area contributed by atoms with E-state index in [1.807, 2.05) is 0 Å². The minimum Gasteiger partial charge on any atom is -0.289 e. The highest BCUT2D eigenvalue weighted by Gasteiger charge is 2.20. The van der Waals surface area contributed by atoms with E-state index in [9.17, 15) is 17.6 Å². The number of ketones is 1. The number of hydrogen-bond donors (Lipinski definition) is 1. The maximum atomic E-state index is 13.5. The van der Waals surface area contributed by atoms with Crippen LogP contribution in [0.25, 0.3) is 0 Å².